The lowest BCUT2D eigenvalue weighted by molar-refractivity contribution is 0.0697. The normalized spacial score (nSPS) is 10.0. The standard InChI is InChI=1S/C12H10N2O2/c1-2-9-3-5-11(6-4-9)14-8-10(7-13-14)12(15)16/h2-8H,1H2,(H,15,16). The molecule has 1 aromatic carbocycles. The van der Waals surface area contributed by atoms with Crippen molar-refractivity contribution in [3.05, 3.63) is 54.4 Å². The zero-order valence-electron chi connectivity index (χ0n) is 8.50. The van der Waals surface area contributed by atoms with E-state index in [0.29, 0.717) is 0 Å². The fourth-order valence-electron chi connectivity index (χ4n) is 1.34. The van der Waals surface area contributed by atoms with Crippen LogP contribution in [0.3, 0.4) is 0 Å². The van der Waals surface area contributed by atoms with E-state index in [0.717, 1.165) is 11.3 Å². The Balaban J connectivity index is 2.35. The third kappa shape index (κ3) is 1.86. The van der Waals surface area contributed by atoms with Crippen LogP contribution in [0.25, 0.3) is 11.8 Å². The largest absolute Gasteiger partial charge is 0.478 e. The van der Waals surface area contributed by atoms with Crippen molar-refractivity contribution in [2.24, 2.45) is 0 Å². The summed E-state index contributed by atoms with van der Waals surface area (Å²) in [7, 11) is 0. The Morgan fingerprint density at radius 3 is 2.56 bits per heavy atom. The highest BCUT2D eigenvalue weighted by Gasteiger charge is 2.06. The lowest BCUT2D eigenvalue weighted by Crippen LogP contribution is -1.95. The Morgan fingerprint density at radius 2 is 2.06 bits per heavy atom. The molecule has 0 bridgehead atoms. The van der Waals surface area contributed by atoms with E-state index in [1.54, 1.807) is 6.08 Å². The second-order valence-corrected chi connectivity index (χ2v) is 3.27. The molecule has 1 N–H and O–H groups in total. The van der Waals surface area contributed by atoms with Crippen molar-refractivity contribution < 1.29 is 9.90 Å². The van der Waals surface area contributed by atoms with Crippen molar-refractivity contribution in [3.8, 4) is 5.69 Å². The highest BCUT2D eigenvalue weighted by molar-refractivity contribution is 5.86. The average molecular weight is 214 g/mol. The highest BCUT2D eigenvalue weighted by atomic mass is 16.4. The molecule has 2 aromatic rings. The van der Waals surface area contributed by atoms with Gasteiger partial charge in [-0.15, -0.1) is 0 Å². The monoisotopic (exact) mass is 214 g/mol. The molecule has 0 aliphatic heterocycles. The fourth-order valence-corrected chi connectivity index (χ4v) is 1.34. The number of carboxylic acids is 1. The first-order chi connectivity index (χ1) is 7.70. The minimum Gasteiger partial charge on any atom is -0.478 e. The van der Waals surface area contributed by atoms with E-state index in [1.165, 1.54) is 17.1 Å². The van der Waals surface area contributed by atoms with Crippen LogP contribution in [0.5, 0.6) is 0 Å². The molecule has 0 spiro atoms. The summed E-state index contributed by atoms with van der Waals surface area (Å²) in [6, 6.07) is 7.50. The molecule has 80 valence electrons. The quantitative estimate of drug-likeness (QED) is 0.852. The number of carboxylic acid groups (broad SMARTS) is 1. The number of nitrogens with zero attached hydrogens (tertiary/aromatic N) is 2. The van der Waals surface area contributed by atoms with Gasteiger partial charge in [-0.3, -0.25) is 0 Å². The lowest BCUT2D eigenvalue weighted by Gasteiger charge is -2.00. The van der Waals surface area contributed by atoms with E-state index >= 15 is 0 Å². The zero-order chi connectivity index (χ0) is 11.5. The smallest absolute Gasteiger partial charge is 0.338 e. The summed E-state index contributed by atoms with van der Waals surface area (Å²) in [5.74, 6) is -0.978. The number of aromatic nitrogens is 2. The summed E-state index contributed by atoms with van der Waals surface area (Å²) in [5, 5.41) is 12.7. The topological polar surface area (TPSA) is 55.1 Å². The van der Waals surface area contributed by atoms with Crippen molar-refractivity contribution in [3.63, 3.8) is 0 Å². The predicted octanol–water partition coefficient (Wildman–Crippen LogP) is 2.21. The minimum atomic E-state index is -0.978. The van der Waals surface area contributed by atoms with Gasteiger partial charge in [0.25, 0.3) is 0 Å². The Hall–Kier alpha value is -2.36. The van der Waals surface area contributed by atoms with Crippen LogP contribution in [0, 0.1) is 0 Å². The second kappa shape index (κ2) is 4.02. The van der Waals surface area contributed by atoms with Gasteiger partial charge in [0.1, 0.15) is 0 Å². The van der Waals surface area contributed by atoms with Gasteiger partial charge in [0, 0.05) is 6.20 Å². The van der Waals surface area contributed by atoms with Crippen LogP contribution in [-0.2, 0) is 0 Å². The van der Waals surface area contributed by atoms with Crippen LogP contribution >= 0.6 is 0 Å². The molecule has 0 saturated carbocycles. The van der Waals surface area contributed by atoms with E-state index in [2.05, 4.69) is 11.7 Å². The molecule has 0 aliphatic rings. The van der Waals surface area contributed by atoms with E-state index in [-0.39, 0.29) is 5.56 Å². The summed E-state index contributed by atoms with van der Waals surface area (Å²) >= 11 is 0. The molecule has 16 heavy (non-hydrogen) atoms. The molecule has 0 atom stereocenters. The van der Waals surface area contributed by atoms with Crippen LogP contribution < -0.4 is 0 Å². The molecule has 0 fully saturated rings. The van der Waals surface area contributed by atoms with Crippen molar-refractivity contribution in [2.75, 3.05) is 0 Å². The van der Waals surface area contributed by atoms with Crippen LogP contribution in [0.1, 0.15) is 15.9 Å². The third-order valence-corrected chi connectivity index (χ3v) is 2.22. The van der Waals surface area contributed by atoms with E-state index in [9.17, 15) is 4.79 Å². The molecule has 0 aliphatic carbocycles. The first kappa shape index (κ1) is 10.2. The number of benzene rings is 1. The van der Waals surface area contributed by atoms with Crippen LogP contribution in [0.15, 0.2) is 43.2 Å². The van der Waals surface area contributed by atoms with Crippen molar-refractivity contribution in [1.29, 1.82) is 0 Å². The maximum Gasteiger partial charge on any atom is 0.338 e. The maximum atomic E-state index is 10.7. The molecular weight excluding hydrogens is 204 g/mol. The Morgan fingerprint density at radius 1 is 1.38 bits per heavy atom. The Bertz CT molecular complexity index is 526. The number of aromatic carboxylic acids is 1. The first-order valence-electron chi connectivity index (χ1n) is 4.71. The average Bonchev–Trinajstić information content (AvgIpc) is 2.78. The first-order valence-corrected chi connectivity index (χ1v) is 4.71. The molecule has 4 nitrogen and oxygen atoms in total. The van der Waals surface area contributed by atoms with E-state index in [1.807, 2.05) is 24.3 Å². The van der Waals surface area contributed by atoms with Gasteiger partial charge in [-0.1, -0.05) is 24.8 Å². The van der Waals surface area contributed by atoms with Crippen LogP contribution in [0.2, 0.25) is 0 Å². The van der Waals surface area contributed by atoms with E-state index < -0.39 is 5.97 Å². The predicted molar refractivity (Wildman–Crippen MR) is 60.6 cm³/mol. The molecule has 2 rings (SSSR count). The van der Waals surface area contributed by atoms with Gasteiger partial charge in [0.05, 0.1) is 17.4 Å². The van der Waals surface area contributed by atoms with Crippen molar-refractivity contribution in [1.82, 2.24) is 9.78 Å². The van der Waals surface area contributed by atoms with Gasteiger partial charge in [-0.25, -0.2) is 9.48 Å². The number of hydrogen-bond acceptors (Lipinski definition) is 2. The fraction of sp³-hybridized carbons (Fsp3) is 0. The summed E-state index contributed by atoms with van der Waals surface area (Å²) in [5.41, 5.74) is 2.00. The Labute approximate surface area is 92.5 Å². The van der Waals surface area contributed by atoms with Gasteiger partial charge in [0.15, 0.2) is 0 Å². The molecule has 0 radical (unpaired) electrons. The van der Waals surface area contributed by atoms with Crippen LogP contribution in [-0.4, -0.2) is 20.9 Å². The molecular formula is C12H10N2O2. The molecule has 0 saturated heterocycles. The number of carbonyl (C=O) groups is 1. The highest BCUT2D eigenvalue weighted by Crippen LogP contribution is 2.10. The summed E-state index contributed by atoms with van der Waals surface area (Å²) in [6.07, 6.45) is 4.55. The number of rotatable bonds is 3. The zero-order valence-corrected chi connectivity index (χ0v) is 8.50. The van der Waals surface area contributed by atoms with Crippen LogP contribution in [0.4, 0.5) is 0 Å². The van der Waals surface area contributed by atoms with Gasteiger partial charge in [0.2, 0.25) is 0 Å². The van der Waals surface area contributed by atoms with Gasteiger partial charge < -0.3 is 5.11 Å². The number of hydrogen-bond donors (Lipinski definition) is 1. The third-order valence-electron chi connectivity index (χ3n) is 2.22. The summed E-state index contributed by atoms with van der Waals surface area (Å²) in [4.78, 5) is 10.7. The van der Waals surface area contributed by atoms with Crippen molar-refractivity contribution in [2.45, 2.75) is 0 Å². The molecule has 1 heterocycles. The summed E-state index contributed by atoms with van der Waals surface area (Å²) < 4.78 is 1.52. The molecule has 0 unspecified atom stereocenters. The second-order valence-electron chi connectivity index (χ2n) is 3.27. The minimum absolute atomic E-state index is 0.174. The Kier molecular flexibility index (Phi) is 2.55. The maximum absolute atomic E-state index is 10.7. The lowest BCUT2D eigenvalue weighted by atomic mass is 10.2. The molecule has 1 aromatic heterocycles. The van der Waals surface area contributed by atoms with Gasteiger partial charge in [-0.2, -0.15) is 5.10 Å². The van der Waals surface area contributed by atoms with Crippen molar-refractivity contribution >= 4 is 12.0 Å². The van der Waals surface area contributed by atoms with Gasteiger partial charge >= 0.3 is 5.97 Å². The molecule has 4 heteroatoms. The SMILES string of the molecule is C=Cc1ccc(-n2cc(C(=O)O)cn2)cc1. The van der Waals surface area contributed by atoms with Gasteiger partial charge in [-0.05, 0) is 17.7 Å². The van der Waals surface area contributed by atoms with E-state index in [4.69, 9.17) is 5.11 Å². The molecule has 0 amide bonds. The summed E-state index contributed by atoms with van der Waals surface area (Å²) in [6.45, 7) is 3.66.